The number of fused-ring (bicyclic) bond motifs is 1. The molecule has 0 radical (unpaired) electrons. The van der Waals surface area contributed by atoms with E-state index in [4.69, 9.17) is 15.2 Å². The molecule has 0 saturated heterocycles. The summed E-state index contributed by atoms with van der Waals surface area (Å²) in [7, 11) is 3.13. The van der Waals surface area contributed by atoms with Crippen molar-refractivity contribution in [2.45, 2.75) is 31.0 Å². The Morgan fingerprint density at radius 1 is 1.32 bits per heavy atom. The number of benzene rings is 1. The predicted molar refractivity (Wildman–Crippen MR) is 83.3 cm³/mol. The van der Waals surface area contributed by atoms with Crippen LogP contribution < -0.4 is 15.2 Å². The SMILES string of the molecule is COc1ccc(OC)c2c1CN(C(=O)C1(N)CC1)CC2O.Cl. The second kappa shape index (κ2) is 5.95. The lowest BCUT2D eigenvalue weighted by Crippen LogP contribution is -2.48. The van der Waals surface area contributed by atoms with Gasteiger partial charge in [0.25, 0.3) is 0 Å². The van der Waals surface area contributed by atoms with Gasteiger partial charge in [-0.2, -0.15) is 0 Å². The Morgan fingerprint density at radius 2 is 1.91 bits per heavy atom. The molecule has 2 aliphatic rings. The third-order valence-corrected chi connectivity index (χ3v) is 4.29. The number of hydrogen-bond acceptors (Lipinski definition) is 5. The van der Waals surface area contributed by atoms with Crippen LogP contribution in [0, 0.1) is 0 Å². The number of nitrogens with zero attached hydrogens (tertiary/aromatic N) is 1. The van der Waals surface area contributed by atoms with Crippen LogP contribution in [0.25, 0.3) is 0 Å². The van der Waals surface area contributed by atoms with Crippen molar-refractivity contribution in [1.82, 2.24) is 4.90 Å². The van der Waals surface area contributed by atoms with Gasteiger partial charge in [0.05, 0.1) is 26.3 Å². The number of hydrogen-bond donors (Lipinski definition) is 2. The summed E-state index contributed by atoms with van der Waals surface area (Å²) < 4.78 is 10.7. The predicted octanol–water partition coefficient (Wildman–Crippen LogP) is 0.992. The molecule has 1 aliphatic heterocycles. The van der Waals surface area contributed by atoms with Crippen molar-refractivity contribution in [3.8, 4) is 11.5 Å². The third-order valence-electron chi connectivity index (χ3n) is 4.29. The van der Waals surface area contributed by atoms with Crippen molar-refractivity contribution in [1.29, 1.82) is 0 Å². The third kappa shape index (κ3) is 2.62. The lowest BCUT2D eigenvalue weighted by atomic mass is 9.94. The Balaban J connectivity index is 0.00000176. The molecule has 3 N–H and O–H groups in total. The van der Waals surface area contributed by atoms with E-state index in [0.29, 0.717) is 36.4 Å². The Hall–Kier alpha value is -1.50. The lowest BCUT2D eigenvalue weighted by Gasteiger charge is -2.35. The summed E-state index contributed by atoms with van der Waals surface area (Å²) in [6.07, 6.45) is 0.617. The van der Waals surface area contributed by atoms with Gasteiger partial charge in [-0.25, -0.2) is 0 Å². The average molecular weight is 329 g/mol. The highest BCUT2D eigenvalue weighted by Gasteiger charge is 2.49. The number of methoxy groups -OCH3 is 2. The van der Waals surface area contributed by atoms with Crippen LogP contribution in [0.4, 0.5) is 0 Å². The Bertz CT molecular complexity index is 589. The Kier molecular flexibility index (Phi) is 4.56. The molecule has 1 aliphatic carbocycles. The van der Waals surface area contributed by atoms with Gasteiger partial charge in [-0.05, 0) is 25.0 Å². The molecular weight excluding hydrogens is 308 g/mol. The van der Waals surface area contributed by atoms with Crippen molar-refractivity contribution >= 4 is 18.3 Å². The molecule has 1 amide bonds. The number of ether oxygens (including phenoxy) is 2. The minimum Gasteiger partial charge on any atom is -0.496 e. The first kappa shape index (κ1) is 16.9. The maximum Gasteiger partial charge on any atom is 0.243 e. The number of amides is 1. The zero-order valence-corrected chi connectivity index (χ0v) is 13.5. The van der Waals surface area contributed by atoms with Crippen molar-refractivity contribution < 1.29 is 19.4 Å². The monoisotopic (exact) mass is 328 g/mol. The lowest BCUT2D eigenvalue weighted by molar-refractivity contribution is -0.136. The number of nitrogens with two attached hydrogens (primary N) is 1. The van der Waals surface area contributed by atoms with Gasteiger partial charge in [-0.15, -0.1) is 12.4 Å². The summed E-state index contributed by atoms with van der Waals surface area (Å²) in [5, 5.41) is 10.4. The molecule has 1 unspecified atom stereocenters. The number of carbonyl (C=O) groups is 1. The van der Waals surface area contributed by atoms with Crippen LogP contribution in [0.5, 0.6) is 11.5 Å². The van der Waals surface area contributed by atoms with Gasteiger partial charge in [0.15, 0.2) is 0 Å². The number of halogens is 1. The second-order valence-electron chi connectivity index (χ2n) is 5.72. The smallest absolute Gasteiger partial charge is 0.243 e. The molecule has 1 saturated carbocycles. The standard InChI is InChI=1S/C15H20N2O4.ClH/c1-20-11-3-4-12(21-2)13-9(11)7-17(8-10(13)18)14(19)15(16)5-6-15;/h3-4,10,18H,5-8,16H2,1-2H3;1H. The van der Waals surface area contributed by atoms with Crippen LogP contribution >= 0.6 is 12.4 Å². The van der Waals surface area contributed by atoms with E-state index in [1.807, 2.05) is 0 Å². The largest absolute Gasteiger partial charge is 0.496 e. The topological polar surface area (TPSA) is 85.0 Å². The van der Waals surface area contributed by atoms with Crippen LogP contribution in [-0.4, -0.2) is 42.2 Å². The van der Waals surface area contributed by atoms with Crippen molar-refractivity contribution in [3.63, 3.8) is 0 Å². The van der Waals surface area contributed by atoms with E-state index in [1.54, 1.807) is 31.3 Å². The van der Waals surface area contributed by atoms with Crippen LogP contribution in [0.2, 0.25) is 0 Å². The van der Waals surface area contributed by atoms with E-state index in [1.165, 1.54) is 0 Å². The average Bonchev–Trinajstić information content (AvgIpc) is 3.24. The van der Waals surface area contributed by atoms with Gasteiger partial charge in [0.1, 0.15) is 17.6 Å². The molecule has 3 rings (SSSR count). The first-order valence-electron chi connectivity index (χ1n) is 7.00. The number of rotatable bonds is 3. The first-order valence-corrected chi connectivity index (χ1v) is 7.00. The second-order valence-corrected chi connectivity index (χ2v) is 5.72. The van der Waals surface area contributed by atoms with E-state index in [0.717, 1.165) is 5.56 Å². The molecule has 1 atom stereocenters. The minimum absolute atomic E-state index is 0. The molecule has 122 valence electrons. The van der Waals surface area contributed by atoms with E-state index >= 15 is 0 Å². The molecule has 0 spiro atoms. The fourth-order valence-electron chi connectivity index (χ4n) is 2.89. The van der Waals surface area contributed by atoms with Crippen LogP contribution in [0.3, 0.4) is 0 Å². The molecular formula is C15H21ClN2O4. The molecule has 1 fully saturated rings. The highest BCUT2D eigenvalue weighted by molar-refractivity contribution is 5.89. The Labute approximate surface area is 135 Å². The van der Waals surface area contributed by atoms with Crippen LogP contribution in [-0.2, 0) is 11.3 Å². The van der Waals surface area contributed by atoms with Gasteiger partial charge in [-0.3, -0.25) is 4.79 Å². The van der Waals surface area contributed by atoms with Gasteiger partial charge in [-0.1, -0.05) is 0 Å². The number of β-amino-alcohol motifs (C(OH)–C–C–N with tert-alkyl or cyclic N) is 1. The van der Waals surface area contributed by atoms with E-state index in [9.17, 15) is 9.90 Å². The van der Waals surface area contributed by atoms with Crippen LogP contribution in [0.15, 0.2) is 12.1 Å². The van der Waals surface area contributed by atoms with Gasteiger partial charge < -0.3 is 25.2 Å². The molecule has 1 heterocycles. The highest BCUT2D eigenvalue weighted by Crippen LogP contribution is 2.42. The van der Waals surface area contributed by atoms with E-state index in [-0.39, 0.29) is 24.9 Å². The molecule has 0 bridgehead atoms. The van der Waals surface area contributed by atoms with Gasteiger partial charge in [0, 0.05) is 17.7 Å². The van der Waals surface area contributed by atoms with Crippen LogP contribution in [0.1, 0.15) is 30.1 Å². The quantitative estimate of drug-likeness (QED) is 0.864. The summed E-state index contributed by atoms with van der Waals surface area (Å²) in [6, 6.07) is 3.55. The van der Waals surface area contributed by atoms with Crippen molar-refractivity contribution in [2.75, 3.05) is 20.8 Å². The molecule has 6 nitrogen and oxygen atoms in total. The number of aliphatic hydroxyl groups is 1. The fourth-order valence-corrected chi connectivity index (χ4v) is 2.89. The normalized spacial score (nSPS) is 21.5. The maximum atomic E-state index is 12.4. The molecule has 22 heavy (non-hydrogen) atoms. The summed E-state index contributed by atoms with van der Waals surface area (Å²) in [5.74, 6) is 1.15. The van der Waals surface area contributed by atoms with E-state index < -0.39 is 11.6 Å². The number of carbonyl (C=O) groups excluding carboxylic acids is 1. The zero-order chi connectivity index (χ0) is 15.2. The summed E-state index contributed by atoms with van der Waals surface area (Å²) in [4.78, 5) is 14.0. The summed E-state index contributed by atoms with van der Waals surface area (Å²) in [5.41, 5.74) is 6.73. The van der Waals surface area contributed by atoms with Crippen molar-refractivity contribution in [3.05, 3.63) is 23.3 Å². The fraction of sp³-hybridized carbons (Fsp3) is 0.533. The number of aliphatic hydroxyl groups excluding tert-OH is 1. The summed E-state index contributed by atoms with van der Waals surface area (Å²) >= 11 is 0. The van der Waals surface area contributed by atoms with E-state index in [2.05, 4.69) is 0 Å². The zero-order valence-electron chi connectivity index (χ0n) is 12.7. The minimum atomic E-state index is -0.801. The molecule has 7 heteroatoms. The summed E-state index contributed by atoms with van der Waals surface area (Å²) in [6.45, 7) is 0.610. The van der Waals surface area contributed by atoms with Gasteiger partial charge in [0.2, 0.25) is 5.91 Å². The highest BCUT2D eigenvalue weighted by atomic mass is 35.5. The molecule has 1 aromatic rings. The Morgan fingerprint density at radius 3 is 2.45 bits per heavy atom. The molecule has 1 aromatic carbocycles. The van der Waals surface area contributed by atoms with Crippen molar-refractivity contribution in [2.24, 2.45) is 5.73 Å². The first-order chi connectivity index (χ1) is 10.00. The van der Waals surface area contributed by atoms with Gasteiger partial charge >= 0.3 is 0 Å². The maximum absolute atomic E-state index is 12.4. The molecule has 0 aromatic heterocycles.